The molecule has 0 aromatic rings. The molecule has 0 N–H and O–H groups in total. The van der Waals surface area contributed by atoms with E-state index in [-0.39, 0.29) is 23.6 Å². The predicted molar refractivity (Wildman–Crippen MR) is 64.3 cm³/mol. The zero-order chi connectivity index (χ0) is 12.6. The van der Waals surface area contributed by atoms with Crippen molar-refractivity contribution in [3.63, 3.8) is 0 Å². The first-order valence-electron chi connectivity index (χ1n) is 6.40. The van der Waals surface area contributed by atoms with Crippen LogP contribution in [0.1, 0.15) is 39.5 Å². The van der Waals surface area contributed by atoms with Gasteiger partial charge < -0.3 is 4.74 Å². The van der Waals surface area contributed by atoms with Crippen LogP contribution in [0, 0.1) is 17.3 Å². The number of ketones is 1. The molecule has 17 heavy (non-hydrogen) atoms. The molecule has 2 aliphatic carbocycles. The van der Waals surface area contributed by atoms with E-state index in [4.69, 9.17) is 4.74 Å². The fourth-order valence-corrected chi connectivity index (χ4v) is 3.41. The number of allylic oxidation sites excluding steroid dienone is 1. The summed E-state index contributed by atoms with van der Waals surface area (Å²) in [6, 6.07) is 0. The lowest BCUT2D eigenvalue weighted by Gasteiger charge is -2.28. The summed E-state index contributed by atoms with van der Waals surface area (Å²) in [4.78, 5) is 24.5. The van der Waals surface area contributed by atoms with Gasteiger partial charge in [-0.15, -0.1) is 0 Å². The number of carbonyl (C=O) groups is 2. The number of rotatable bonds is 3. The zero-order valence-electron chi connectivity index (χ0n) is 10.6. The first kappa shape index (κ1) is 12.3. The van der Waals surface area contributed by atoms with Crippen LogP contribution in [0.15, 0.2) is 12.2 Å². The highest BCUT2D eigenvalue weighted by molar-refractivity contribution is 6.07. The SMILES string of the molecule is C=C(C)[C@@H]1C[C@@]2(C(=O)OCC)CCC[C@@H]1C2=O. The first-order chi connectivity index (χ1) is 8.03. The van der Waals surface area contributed by atoms with Crippen molar-refractivity contribution in [2.45, 2.75) is 39.5 Å². The van der Waals surface area contributed by atoms with Crippen LogP contribution in [0.3, 0.4) is 0 Å². The molecular weight excluding hydrogens is 216 g/mol. The van der Waals surface area contributed by atoms with Crippen molar-refractivity contribution in [3.8, 4) is 0 Å². The van der Waals surface area contributed by atoms with Gasteiger partial charge in [0.1, 0.15) is 5.41 Å². The summed E-state index contributed by atoms with van der Waals surface area (Å²) in [6.07, 6.45) is 3.12. The molecule has 0 radical (unpaired) electrons. The van der Waals surface area contributed by atoms with Crippen molar-refractivity contribution in [2.24, 2.45) is 17.3 Å². The Kier molecular flexibility index (Phi) is 3.11. The average Bonchev–Trinajstić information content (AvgIpc) is 2.48. The predicted octanol–water partition coefficient (Wildman–Crippen LogP) is 2.50. The van der Waals surface area contributed by atoms with E-state index in [1.54, 1.807) is 6.92 Å². The lowest BCUT2D eigenvalue weighted by Crippen LogP contribution is -2.41. The number of carbonyl (C=O) groups excluding carboxylic acids is 2. The van der Waals surface area contributed by atoms with E-state index >= 15 is 0 Å². The Hall–Kier alpha value is -1.12. The van der Waals surface area contributed by atoms with Crippen molar-refractivity contribution >= 4 is 11.8 Å². The molecular formula is C14H20O3. The van der Waals surface area contributed by atoms with E-state index in [1.807, 2.05) is 6.92 Å². The second kappa shape index (κ2) is 4.28. The molecule has 0 heterocycles. The van der Waals surface area contributed by atoms with Crippen molar-refractivity contribution in [1.82, 2.24) is 0 Å². The zero-order valence-corrected chi connectivity index (χ0v) is 10.6. The minimum atomic E-state index is -0.845. The summed E-state index contributed by atoms with van der Waals surface area (Å²) in [5.74, 6) is -0.0197. The second-order valence-corrected chi connectivity index (χ2v) is 5.32. The number of hydrogen-bond donors (Lipinski definition) is 0. The van der Waals surface area contributed by atoms with Crippen LogP contribution >= 0.6 is 0 Å². The van der Waals surface area contributed by atoms with Crippen LogP contribution in [0.5, 0.6) is 0 Å². The monoisotopic (exact) mass is 236 g/mol. The van der Waals surface area contributed by atoms with Gasteiger partial charge >= 0.3 is 5.97 Å². The second-order valence-electron chi connectivity index (χ2n) is 5.32. The third kappa shape index (κ3) is 1.72. The quantitative estimate of drug-likeness (QED) is 0.429. The van der Waals surface area contributed by atoms with Crippen molar-refractivity contribution < 1.29 is 14.3 Å². The van der Waals surface area contributed by atoms with Crippen LogP contribution in [0.2, 0.25) is 0 Å². The minimum absolute atomic E-state index is 0.00524. The van der Waals surface area contributed by atoms with E-state index in [2.05, 4.69) is 6.58 Å². The molecule has 0 aromatic heterocycles. The molecule has 2 bridgehead atoms. The summed E-state index contributed by atoms with van der Waals surface area (Å²) in [6.45, 7) is 8.05. The van der Waals surface area contributed by atoms with Crippen LogP contribution in [-0.2, 0) is 14.3 Å². The van der Waals surface area contributed by atoms with Crippen LogP contribution < -0.4 is 0 Å². The van der Waals surface area contributed by atoms with Gasteiger partial charge in [-0.2, -0.15) is 0 Å². The maximum Gasteiger partial charge on any atom is 0.319 e. The van der Waals surface area contributed by atoms with E-state index in [1.165, 1.54) is 0 Å². The summed E-state index contributed by atoms with van der Waals surface area (Å²) in [7, 11) is 0. The smallest absolute Gasteiger partial charge is 0.319 e. The number of esters is 1. The van der Waals surface area contributed by atoms with Gasteiger partial charge in [-0.1, -0.05) is 18.6 Å². The Morgan fingerprint density at radius 1 is 1.59 bits per heavy atom. The number of hydrogen-bond acceptors (Lipinski definition) is 3. The van der Waals surface area contributed by atoms with Gasteiger partial charge in [0, 0.05) is 5.92 Å². The molecule has 0 aromatic carbocycles. The molecule has 94 valence electrons. The Morgan fingerprint density at radius 2 is 2.29 bits per heavy atom. The van der Waals surface area contributed by atoms with Gasteiger partial charge in [-0.25, -0.2) is 0 Å². The van der Waals surface area contributed by atoms with Gasteiger partial charge in [0.2, 0.25) is 0 Å². The normalized spacial score (nSPS) is 35.8. The molecule has 0 spiro atoms. The molecule has 2 aliphatic rings. The Bertz CT molecular complexity index is 372. The van der Waals surface area contributed by atoms with E-state index in [0.29, 0.717) is 19.4 Å². The van der Waals surface area contributed by atoms with Crippen LogP contribution in [0.4, 0.5) is 0 Å². The fraction of sp³-hybridized carbons (Fsp3) is 0.714. The molecule has 0 saturated heterocycles. The molecule has 0 aliphatic heterocycles. The lowest BCUT2D eigenvalue weighted by molar-refractivity contribution is -0.161. The average molecular weight is 236 g/mol. The minimum Gasteiger partial charge on any atom is -0.465 e. The van der Waals surface area contributed by atoms with Gasteiger partial charge in [-0.05, 0) is 39.0 Å². The largest absolute Gasteiger partial charge is 0.465 e. The van der Waals surface area contributed by atoms with Gasteiger partial charge in [-0.3, -0.25) is 9.59 Å². The summed E-state index contributed by atoms with van der Waals surface area (Å²) in [5.41, 5.74) is 0.180. The molecule has 3 heteroatoms. The molecule has 2 saturated carbocycles. The molecule has 3 atom stereocenters. The highest BCUT2D eigenvalue weighted by Gasteiger charge is 2.60. The third-order valence-corrected chi connectivity index (χ3v) is 4.28. The van der Waals surface area contributed by atoms with E-state index in [0.717, 1.165) is 18.4 Å². The Balaban J connectivity index is 2.31. The topological polar surface area (TPSA) is 43.4 Å². The third-order valence-electron chi connectivity index (χ3n) is 4.28. The summed E-state index contributed by atoms with van der Waals surface area (Å²) < 4.78 is 5.11. The summed E-state index contributed by atoms with van der Waals surface area (Å²) >= 11 is 0. The molecule has 3 nitrogen and oxygen atoms in total. The van der Waals surface area contributed by atoms with Gasteiger partial charge in [0.15, 0.2) is 5.78 Å². The maximum atomic E-state index is 12.4. The number of fused-ring (bicyclic) bond motifs is 2. The van der Waals surface area contributed by atoms with Crippen molar-refractivity contribution in [3.05, 3.63) is 12.2 Å². The highest BCUT2D eigenvalue weighted by atomic mass is 16.5. The van der Waals surface area contributed by atoms with Crippen LogP contribution in [0.25, 0.3) is 0 Å². The standard InChI is InChI=1S/C14H20O3/c1-4-17-13(16)14-7-5-6-10(12(14)15)11(8-14)9(2)3/h10-11H,2,4-8H2,1,3H3/t10-,11-,14-/m0/s1. The maximum absolute atomic E-state index is 12.4. The first-order valence-corrected chi connectivity index (χ1v) is 6.40. The molecule has 0 amide bonds. The lowest BCUT2D eigenvalue weighted by atomic mass is 9.74. The fourth-order valence-electron chi connectivity index (χ4n) is 3.41. The van der Waals surface area contributed by atoms with Gasteiger partial charge in [0.05, 0.1) is 6.61 Å². The van der Waals surface area contributed by atoms with Gasteiger partial charge in [0.25, 0.3) is 0 Å². The Labute approximate surface area is 102 Å². The van der Waals surface area contributed by atoms with E-state index < -0.39 is 5.41 Å². The van der Waals surface area contributed by atoms with Crippen molar-refractivity contribution in [2.75, 3.05) is 6.61 Å². The number of ether oxygens (including phenoxy) is 1. The highest BCUT2D eigenvalue weighted by Crippen LogP contribution is 2.54. The molecule has 0 unspecified atom stereocenters. The molecule has 2 rings (SSSR count). The number of Topliss-reactive ketones (excluding diaryl/α,β-unsaturated/α-hetero) is 1. The van der Waals surface area contributed by atoms with Crippen molar-refractivity contribution in [1.29, 1.82) is 0 Å². The van der Waals surface area contributed by atoms with Crippen LogP contribution in [-0.4, -0.2) is 18.4 Å². The summed E-state index contributed by atoms with van der Waals surface area (Å²) in [5, 5.41) is 0. The van der Waals surface area contributed by atoms with E-state index in [9.17, 15) is 9.59 Å². The Morgan fingerprint density at radius 3 is 2.88 bits per heavy atom. The molecule has 2 fully saturated rings.